The molecule has 0 aromatic heterocycles. The topological polar surface area (TPSA) is 41.6 Å². The zero-order valence-electron chi connectivity index (χ0n) is 12.6. The molecule has 0 fully saturated rings. The summed E-state index contributed by atoms with van der Waals surface area (Å²) >= 11 is 0. The Morgan fingerprint density at radius 2 is 2.00 bits per heavy atom. The molecule has 1 heterocycles. The molecule has 0 amide bonds. The monoisotopic (exact) mass is 279 g/mol. The largest absolute Gasteiger partial charge is 0.369 e. The Labute approximate surface area is 126 Å². The lowest BCUT2D eigenvalue weighted by atomic mass is 10.0. The lowest BCUT2D eigenvalue weighted by Gasteiger charge is -2.19. The summed E-state index contributed by atoms with van der Waals surface area (Å²) in [6.45, 7) is 5.16. The number of aliphatic imine (C=N–C) groups is 1. The van der Waals surface area contributed by atoms with Gasteiger partial charge < -0.3 is 10.6 Å². The molecule has 2 aromatic rings. The normalized spacial score (nSPS) is 14.4. The number of benzene rings is 2. The van der Waals surface area contributed by atoms with Gasteiger partial charge in [-0.05, 0) is 48.6 Å². The molecule has 3 nitrogen and oxygen atoms in total. The second-order valence-electron chi connectivity index (χ2n) is 5.43. The average molecular weight is 279 g/mol. The van der Waals surface area contributed by atoms with Gasteiger partial charge in [0.15, 0.2) is 0 Å². The van der Waals surface area contributed by atoms with Gasteiger partial charge in [-0.25, -0.2) is 4.99 Å². The maximum absolute atomic E-state index is 6.26. The molecule has 0 atom stereocenters. The number of anilines is 1. The van der Waals surface area contributed by atoms with Crippen LogP contribution in [0.15, 0.2) is 47.5 Å². The molecule has 2 N–H and O–H groups in total. The highest BCUT2D eigenvalue weighted by atomic mass is 15.3. The second-order valence-corrected chi connectivity index (χ2v) is 5.43. The minimum absolute atomic E-state index is 0.580. The number of aryl methyl sites for hydroxylation is 2. The van der Waals surface area contributed by atoms with Gasteiger partial charge in [-0.1, -0.05) is 37.3 Å². The Bertz CT molecular complexity index is 689. The average Bonchev–Trinajstić information content (AvgIpc) is 2.93. The molecular formula is C18H21N3. The summed E-state index contributed by atoms with van der Waals surface area (Å²) in [5.41, 5.74) is 12.4. The fraction of sp³-hybridized carbons (Fsp3) is 0.278. The van der Waals surface area contributed by atoms with E-state index >= 15 is 0 Å². The first-order valence-electron chi connectivity index (χ1n) is 7.48. The van der Waals surface area contributed by atoms with Crippen LogP contribution >= 0.6 is 0 Å². The van der Waals surface area contributed by atoms with Gasteiger partial charge in [-0.2, -0.15) is 0 Å². The number of fused-ring (bicyclic) bond motifs is 1. The molecule has 0 radical (unpaired) electrons. The van der Waals surface area contributed by atoms with E-state index in [1.165, 1.54) is 16.8 Å². The first kappa shape index (κ1) is 13.7. The number of hydrogen-bond donors (Lipinski definition) is 1. The molecule has 0 spiro atoms. The summed E-state index contributed by atoms with van der Waals surface area (Å²) < 4.78 is 0. The summed E-state index contributed by atoms with van der Waals surface area (Å²) in [6, 6.07) is 14.5. The van der Waals surface area contributed by atoms with Crippen LogP contribution in [0.3, 0.4) is 0 Å². The molecule has 0 saturated heterocycles. The highest BCUT2D eigenvalue weighted by Gasteiger charge is 2.23. The number of guanidine groups is 1. The van der Waals surface area contributed by atoms with Crippen LogP contribution in [-0.4, -0.2) is 12.5 Å². The van der Waals surface area contributed by atoms with E-state index in [2.05, 4.69) is 48.0 Å². The minimum atomic E-state index is 0.580. The number of nitrogens with two attached hydrogens (primary N) is 1. The van der Waals surface area contributed by atoms with Crippen LogP contribution in [0.2, 0.25) is 0 Å². The van der Waals surface area contributed by atoms with E-state index in [0.717, 1.165) is 30.6 Å². The summed E-state index contributed by atoms with van der Waals surface area (Å²) in [5, 5.41) is 0. The lowest BCUT2D eigenvalue weighted by Crippen LogP contribution is -2.35. The maximum atomic E-state index is 6.26. The number of nitrogens with zero attached hydrogens (tertiary/aromatic N) is 2. The molecular weight excluding hydrogens is 258 g/mol. The molecule has 0 unspecified atom stereocenters. The number of rotatable bonds is 2. The van der Waals surface area contributed by atoms with Crippen molar-refractivity contribution in [3.8, 4) is 0 Å². The number of hydrogen-bond acceptors (Lipinski definition) is 1. The van der Waals surface area contributed by atoms with Crippen LogP contribution in [-0.2, 0) is 12.8 Å². The summed E-state index contributed by atoms with van der Waals surface area (Å²) in [4.78, 5) is 6.74. The van der Waals surface area contributed by atoms with Crippen molar-refractivity contribution in [2.24, 2.45) is 10.7 Å². The van der Waals surface area contributed by atoms with Crippen molar-refractivity contribution in [1.82, 2.24) is 0 Å². The van der Waals surface area contributed by atoms with Crippen molar-refractivity contribution in [3.05, 3.63) is 59.2 Å². The van der Waals surface area contributed by atoms with Gasteiger partial charge >= 0.3 is 0 Å². The van der Waals surface area contributed by atoms with Crippen LogP contribution in [0.25, 0.3) is 0 Å². The van der Waals surface area contributed by atoms with Crippen molar-refractivity contribution in [1.29, 1.82) is 0 Å². The summed E-state index contributed by atoms with van der Waals surface area (Å²) in [6.07, 6.45) is 2.11. The maximum Gasteiger partial charge on any atom is 0.201 e. The van der Waals surface area contributed by atoms with Crippen LogP contribution < -0.4 is 10.6 Å². The van der Waals surface area contributed by atoms with Gasteiger partial charge in [0.25, 0.3) is 0 Å². The van der Waals surface area contributed by atoms with E-state index in [0.29, 0.717) is 5.96 Å². The summed E-state index contributed by atoms with van der Waals surface area (Å²) in [5.74, 6) is 0.580. The van der Waals surface area contributed by atoms with Gasteiger partial charge in [-0.3, -0.25) is 0 Å². The Kier molecular flexibility index (Phi) is 3.65. The molecule has 1 aliphatic heterocycles. The van der Waals surface area contributed by atoms with E-state index in [-0.39, 0.29) is 0 Å². The first-order chi connectivity index (χ1) is 10.2. The van der Waals surface area contributed by atoms with E-state index in [1.54, 1.807) is 0 Å². The van der Waals surface area contributed by atoms with Crippen molar-refractivity contribution in [2.75, 3.05) is 11.4 Å². The number of para-hydroxylation sites is 1. The Balaban J connectivity index is 1.96. The highest BCUT2D eigenvalue weighted by Crippen LogP contribution is 2.31. The molecule has 21 heavy (non-hydrogen) atoms. The van der Waals surface area contributed by atoms with Gasteiger partial charge in [-0.15, -0.1) is 0 Å². The molecule has 0 aliphatic carbocycles. The van der Waals surface area contributed by atoms with E-state index in [4.69, 9.17) is 5.73 Å². The fourth-order valence-corrected chi connectivity index (χ4v) is 2.95. The lowest BCUT2D eigenvalue weighted by molar-refractivity contribution is 0.993. The zero-order chi connectivity index (χ0) is 14.8. The molecule has 0 saturated carbocycles. The van der Waals surface area contributed by atoms with E-state index in [9.17, 15) is 0 Å². The van der Waals surface area contributed by atoms with Crippen LogP contribution in [0, 0.1) is 6.92 Å². The molecule has 0 bridgehead atoms. The third-order valence-electron chi connectivity index (χ3n) is 4.13. The predicted octanol–water partition coefficient (Wildman–Crippen LogP) is 3.57. The Morgan fingerprint density at radius 3 is 2.76 bits per heavy atom. The zero-order valence-corrected chi connectivity index (χ0v) is 12.6. The van der Waals surface area contributed by atoms with Crippen molar-refractivity contribution in [3.63, 3.8) is 0 Å². The predicted molar refractivity (Wildman–Crippen MR) is 89.3 cm³/mol. The molecule has 2 aromatic carbocycles. The van der Waals surface area contributed by atoms with Gasteiger partial charge in [0, 0.05) is 12.2 Å². The molecule has 1 aliphatic rings. The van der Waals surface area contributed by atoms with Crippen LogP contribution in [0.1, 0.15) is 23.6 Å². The van der Waals surface area contributed by atoms with Gasteiger partial charge in [0.2, 0.25) is 5.96 Å². The summed E-state index contributed by atoms with van der Waals surface area (Å²) in [7, 11) is 0. The Morgan fingerprint density at radius 1 is 1.19 bits per heavy atom. The molecule has 108 valence electrons. The minimum Gasteiger partial charge on any atom is -0.369 e. The molecule has 3 heteroatoms. The first-order valence-corrected chi connectivity index (χ1v) is 7.48. The quantitative estimate of drug-likeness (QED) is 0.674. The van der Waals surface area contributed by atoms with E-state index < -0.39 is 0 Å². The standard InChI is InChI=1S/C18H21N3/c1-3-14-8-6-10-17-15(14)11-12-21(17)18(19)20-16-9-5-4-7-13(16)2/h4-10H,3,11-12H2,1-2H3,(H2,19,20). The van der Waals surface area contributed by atoms with Crippen LogP contribution in [0.5, 0.6) is 0 Å². The fourth-order valence-electron chi connectivity index (χ4n) is 2.95. The SMILES string of the molecule is CCc1cccc2c1CCN2C(N)=Nc1ccccc1C. The van der Waals surface area contributed by atoms with Gasteiger partial charge in [0.05, 0.1) is 5.69 Å². The van der Waals surface area contributed by atoms with E-state index in [1.807, 2.05) is 18.2 Å². The highest BCUT2D eigenvalue weighted by molar-refractivity contribution is 5.98. The smallest absolute Gasteiger partial charge is 0.201 e. The van der Waals surface area contributed by atoms with Crippen molar-refractivity contribution in [2.45, 2.75) is 26.7 Å². The van der Waals surface area contributed by atoms with Crippen molar-refractivity contribution >= 4 is 17.3 Å². The molecule has 3 rings (SSSR count). The van der Waals surface area contributed by atoms with Crippen LogP contribution in [0.4, 0.5) is 11.4 Å². The third-order valence-corrected chi connectivity index (χ3v) is 4.13. The second kappa shape index (κ2) is 5.60. The Hall–Kier alpha value is -2.29. The van der Waals surface area contributed by atoms with Crippen molar-refractivity contribution < 1.29 is 0 Å². The third kappa shape index (κ3) is 2.51. The van der Waals surface area contributed by atoms with Gasteiger partial charge in [0.1, 0.15) is 0 Å².